The van der Waals surface area contributed by atoms with Crippen LogP contribution in [0.4, 0.5) is 0 Å². The van der Waals surface area contributed by atoms with Crippen LogP contribution in [0.15, 0.2) is 0 Å². The summed E-state index contributed by atoms with van der Waals surface area (Å²) >= 11 is 0. The van der Waals surface area contributed by atoms with E-state index in [0.29, 0.717) is 12.2 Å². The van der Waals surface area contributed by atoms with E-state index >= 15 is 0 Å². The van der Waals surface area contributed by atoms with E-state index in [4.69, 9.17) is 9.84 Å². The van der Waals surface area contributed by atoms with Gasteiger partial charge in [0.05, 0.1) is 18.8 Å². The fraction of sp³-hybridized carbons (Fsp3) is 1.00. The van der Waals surface area contributed by atoms with Crippen molar-refractivity contribution < 1.29 is 9.84 Å². The molecule has 0 aromatic carbocycles. The predicted molar refractivity (Wildman–Crippen MR) is 48.2 cm³/mol. The van der Waals surface area contributed by atoms with Crippen molar-refractivity contribution in [3.05, 3.63) is 0 Å². The first-order valence-electron chi connectivity index (χ1n) is 4.76. The van der Waals surface area contributed by atoms with Crippen molar-refractivity contribution >= 4 is 0 Å². The van der Waals surface area contributed by atoms with Crippen LogP contribution >= 0.6 is 0 Å². The maximum atomic E-state index is 8.78. The molecule has 1 saturated heterocycles. The predicted octanol–water partition coefficient (Wildman–Crippen LogP) is 0.478. The van der Waals surface area contributed by atoms with Gasteiger partial charge in [0.15, 0.2) is 0 Å². The zero-order valence-corrected chi connectivity index (χ0v) is 7.99. The van der Waals surface area contributed by atoms with Crippen molar-refractivity contribution in [1.82, 2.24) is 4.90 Å². The van der Waals surface area contributed by atoms with E-state index in [-0.39, 0.29) is 6.61 Å². The highest BCUT2D eigenvalue weighted by Gasteiger charge is 2.35. The van der Waals surface area contributed by atoms with Gasteiger partial charge < -0.3 is 9.84 Å². The molecule has 1 N–H and O–H groups in total. The van der Waals surface area contributed by atoms with E-state index in [0.717, 1.165) is 26.1 Å². The molecule has 3 nitrogen and oxygen atoms in total. The van der Waals surface area contributed by atoms with E-state index in [9.17, 15) is 0 Å². The SMILES string of the molecule is CCCN(CCO)CC1OC1C. The third kappa shape index (κ3) is 3.09. The molecule has 0 spiro atoms. The van der Waals surface area contributed by atoms with Crippen molar-refractivity contribution in [3.63, 3.8) is 0 Å². The van der Waals surface area contributed by atoms with Crippen molar-refractivity contribution in [2.24, 2.45) is 0 Å². The normalized spacial score (nSPS) is 28.0. The molecule has 0 aromatic rings. The number of rotatable bonds is 6. The van der Waals surface area contributed by atoms with Crippen LogP contribution in [0.25, 0.3) is 0 Å². The lowest BCUT2D eigenvalue weighted by Gasteiger charge is -2.18. The van der Waals surface area contributed by atoms with E-state index < -0.39 is 0 Å². The topological polar surface area (TPSA) is 36.0 Å². The van der Waals surface area contributed by atoms with Gasteiger partial charge in [-0.1, -0.05) is 6.92 Å². The molecule has 0 aromatic heterocycles. The minimum absolute atomic E-state index is 0.251. The smallest absolute Gasteiger partial charge is 0.0965 e. The summed E-state index contributed by atoms with van der Waals surface area (Å²) in [4.78, 5) is 2.26. The number of aliphatic hydroxyl groups is 1. The molecule has 0 radical (unpaired) electrons. The molecule has 1 fully saturated rings. The Labute approximate surface area is 74.3 Å². The van der Waals surface area contributed by atoms with Crippen molar-refractivity contribution in [3.8, 4) is 0 Å². The van der Waals surface area contributed by atoms with Crippen LogP contribution in [0.3, 0.4) is 0 Å². The number of aliphatic hydroxyl groups excluding tert-OH is 1. The Bertz CT molecular complexity index is 124. The standard InChI is InChI=1S/C9H19NO2/c1-3-4-10(5-6-11)7-9-8(2)12-9/h8-9,11H,3-7H2,1-2H3. The Balaban J connectivity index is 2.13. The van der Waals surface area contributed by atoms with Gasteiger partial charge in [0.2, 0.25) is 0 Å². The summed E-state index contributed by atoms with van der Waals surface area (Å²) in [5, 5.41) is 8.78. The van der Waals surface area contributed by atoms with Gasteiger partial charge in [-0.3, -0.25) is 4.90 Å². The lowest BCUT2D eigenvalue weighted by atomic mass is 10.3. The van der Waals surface area contributed by atoms with E-state index in [2.05, 4.69) is 18.7 Å². The van der Waals surface area contributed by atoms with E-state index in [1.54, 1.807) is 0 Å². The second-order valence-corrected chi connectivity index (χ2v) is 3.40. The van der Waals surface area contributed by atoms with Crippen molar-refractivity contribution in [2.45, 2.75) is 32.5 Å². The summed E-state index contributed by atoms with van der Waals surface area (Å²) < 4.78 is 5.32. The second-order valence-electron chi connectivity index (χ2n) is 3.40. The molecule has 1 heterocycles. The summed E-state index contributed by atoms with van der Waals surface area (Å²) in [7, 11) is 0. The average molecular weight is 173 g/mol. The molecule has 3 heteroatoms. The van der Waals surface area contributed by atoms with Gasteiger partial charge in [-0.25, -0.2) is 0 Å². The van der Waals surface area contributed by atoms with Crippen LogP contribution in [0.1, 0.15) is 20.3 Å². The number of epoxide rings is 1. The third-order valence-corrected chi connectivity index (χ3v) is 2.23. The van der Waals surface area contributed by atoms with Gasteiger partial charge in [-0.15, -0.1) is 0 Å². The molecule has 12 heavy (non-hydrogen) atoms. The minimum atomic E-state index is 0.251. The Morgan fingerprint density at radius 2 is 2.08 bits per heavy atom. The highest BCUT2D eigenvalue weighted by Crippen LogP contribution is 2.21. The maximum absolute atomic E-state index is 8.78. The Morgan fingerprint density at radius 1 is 1.42 bits per heavy atom. The quantitative estimate of drug-likeness (QED) is 0.593. The summed E-state index contributed by atoms with van der Waals surface area (Å²) in [5.74, 6) is 0. The highest BCUT2D eigenvalue weighted by molar-refractivity contribution is 4.83. The number of hydrogen-bond donors (Lipinski definition) is 1. The first-order valence-corrected chi connectivity index (χ1v) is 4.76. The van der Waals surface area contributed by atoms with Crippen LogP contribution in [0.5, 0.6) is 0 Å². The second kappa shape index (κ2) is 4.80. The van der Waals surface area contributed by atoms with Crippen LogP contribution in [-0.2, 0) is 4.74 Å². The van der Waals surface area contributed by atoms with Gasteiger partial charge in [-0.2, -0.15) is 0 Å². The largest absolute Gasteiger partial charge is 0.395 e. The zero-order chi connectivity index (χ0) is 8.97. The van der Waals surface area contributed by atoms with Crippen LogP contribution < -0.4 is 0 Å². The van der Waals surface area contributed by atoms with Crippen LogP contribution in [0, 0.1) is 0 Å². The van der Waals surface area contributed by atoms with Crippen molar-refractivity contribution in [2.75, 3.05) is 26.2 Å². The maximum Gasteiger partial charge on any atom is 0.0965 e. The molecule has 2 unspecified atom stereocenters. The highest BCUT2D eigenvalue weighted by atomic mass is 16.6. The number of hydrogen-bond acceptors (Lipinski definition) is 3. The molecule has 0 aliphatic carbocycles. The van der Waals surface area contributed by atoms with Crippen LogP contribution in [0.2, 0.25) is 0 Å². The molecule has 0 bridgehead atoms. The minimum Gasteiger partial charge on any atom is -0.395 e. The number of ether oxygens (including phenoxy) is 1. The van der Waals surface area contributed by atoms with Crippen molar-refractivity contribution in [1.29, 1.82) is 0 Å². The van der Waals surface area contributed by atoms with Gasteiger partial charge >= 0.3 is 0 Å². The molecule has 2 atom stereocenters. The molecule has 1 aliphatic rings. The first-order chi connectivity index (χ1) is 5.77. The van der Waals surface area contributed by atoms with Gasteiger partial charge in [0.25, 0.3) is 0 Å². The Kier molecular flexibility index (Phi) is 3.98. The lowest BCUT2D eigenvalue weighted by Crippen LogP contribution is -2.31. The van der Waals surface area contributed by atoms with Gasteiger partial charge in [-0.05, 0) is 19.9 Å². The number of nitrogens with zero attached hydrogens (tertiary/aromatic N) is 1. The van der Waals surface area contributed by atoms with E-state index in [1.165, 1.54) is 0 Å². The summed E-state index contributed by atoms with van der Waals surface area (Å²) in [6.45, 7) is 7.32. The lowest BCUT2D eigenvalue weighted by molar-refractivity contribution is 0.183. The molecule has 1 rings (SSSR count). The fourth-order valence-electron chi connectivity index (χ4n) is 1.43. The first kappa shape index (κ1) is 9.96. The Hall–Kier alpha value is -0.120. The molecular weight excluding hydrogens is 154 g/mol. The zero-order valence-electron chi connectivity index (χ0n) is 7.99. The van der Waals surface area contributed by atoms with Gasteiger partial charge in [0, 0.05) is 13.1 Å². The Morgan fingerprint density at radius 3 is 2.50 bits per heavy atom. The molecule has 1 aliphatic heterocycles. The average Bonchev–Trinajstić information content (AvgIpc) is 2.67. The summed E-state index contributed by atoms with van der Waals surface area (Å²) in [5.41, 5.74) is 0. The summed E-state index contributed by atoms with van der Waals surface area (Å²) in [6.07, 6.45) is 1.99. The molecule has 0 amide bonds. The van der Waals surface area contributed by atoms with E-state index in [1.807, 2.05) is 0 Å². The molecule has 72 valence electrons. The van der Waals surface area contributed by atoms with Crippen LogP contribution in [-0.4, -0.2) is 48.5 Å². The monoisotopic (exact) mass is 173 g/mol. The summed E-state index contributed by atoms with van der Waals surface area (Å²) in [6, 6.07) is 0. The fourth-order valence-corrected chi connectivity index (χ4v) is 1.43. The molecular formula is C9H19NO2. The third-order valence-electron chi connectivity index (χ3n) is 2.23. The molecule has 0 saturated carbocycles. The van der Waals surface area contributed by atoms with Gasteiger partial charge in [0.1, 0.15) is 0 Å².